The number of aryl methyl sites for hydroxylation is 2. The summed E-state index contributed by atoms with van der Waals surface area (Å²) in [5, 5.41) is 5.94. The molecule has 172 valence electrons. The SMILES string of the molecule is Cc1cc(C(C)CCOC(=O)c2ccc3cc(C(C)C)n(C)c3c2)nn1Cc1ccccc1. The molecule has 2 aromatic carbocycles. The van der Waals surface area contributed by atoms with Crippen molar-refractivity contribution in [2.45, 2.75) is 52.5 Å². The van der Waals surface area contributed by atoms with Crippen molar-refractivity contribution in [1.29, 1.82) is 0 Å². The van der Waals surface area contributed by atoms with Crippen LogP contribution in [-0.2, 0) is 18.3 Å². The van der Waals surface area contributed by atoms with E-state index >= 15 is 0 Å². The third-order valence-corrected chi connectivity index (χ3v) is 6.37. The average molecular weight is 444 g/mol. The number of fused-ring (bicyclic) bond motifs is 1. The van der Waals surface area contributed by atoms with Crippen LogP contribution in [0.2, 0.25) is 0 Å². The molecule has 0 N–H and O–H groups in total. The monoisotopic (exact) mass is 443 g/mol. The second kappa shape index (κ2) is 9.65. The minimum atomic E-state index is -0.276. The average Bonchev–Trinajstić information content (AvgIpc) is 3.34. The van der Waals surface area contributed by atoms with Gasteiger partial charge in [-0.25, -0.2) is 4.79 Å². The Bertz CT molecular complexity index is 1250. The summed E-state index contributed by atoms with van der Waals surface area (Å²) in [5.74, 6) is 0.360. The third-order valence-electron chi connectivity index (χ3n) is 6.37. The summed E-state index contributed by atoms with van der Waals surface area (Å²) in [6.45, 7) is 9.69. The quantitative estimate of drug-likeness (QED) is 0.304. The van der Waals surface area contributed by atoms with Gasteiger partial charge in [0, 0.05) is 29.9 Å². The molecule has 5 heteroatoms. The van der Waals surface area contributed by atoms with Crippen LogP contribution in [0.4, 0.5) is 0 Å². The third kappa shape index (κ3) is 5.03. The molecule has 0 saturated heterocycles. The van der Waals surface area contributed by atoms with E-state index < -0.39 is 0 Å². The number of aromatic nitrogens is 3. The van der Waals surface area contributed by atoms with Crippen LogP contribution < -0.4 is 0 Å². The van der Waals surface area contributed by atoms with Crippen LogP contribution in [0, 0.1) is 6.92 Å². The van der Waals surface area contributed by atoms with Crippen molar-refractivity contribution in [2.75, 3.05) is 6.61 Å². The Labute approximate surface area is 196 Å². The van der Waals surface area contributed by atoms with E-state index in [9.17, 15) is 4.79 Å². The zero-order chi connectivity index (χ0) is 23.5. The molecule has 0 fully saturated rings. The van der Waals surface area contributed by atoms with Crippen molar-refractivity contribution < 1.29 is 9.53 Å². The molecule has 0 bridgehead atoms. The maximum Gasteiger partial charge on any atom is 0.338 e. The fourth-order valence-corrected chi connectivity index (χ4v) is 4.28. The second-order valence-electron chi connectivity index (χ2n) is 9.24. The molecule has 2 aromatic heterocycles. The van der Waals surface area contributed by atoms with Crippen LogP contribution in [-0.4, -0.2) is 26.9 Å². The summed E-state index contributed by atoms with van der Waals surface area (Å²) < 4.78 is 9.81. The molecule has 4 rings (SSSR count). The summed E-state index contributed by atoms with van der Waals surface area (Å²) >= 11 is 0. The van der Waals surface area contributed by atoms with Crippen LogP contribution in [0.1, 0.15) is 72.0 Å². The van der Waals surface area contributed by atoms with Gasteiger partial charge in [-0.05, 0) is 54.5 Å². The lowest BCUT2D eigenvalue weighted by Crippen LogP contribution is -2.09. The van der Waals surface area contributed by atoms with Gasteiger partial charge in [-0.2, -0.15) is 5.10 Å². The molecule has 0 amide bonds. The first-order chi connectivity index (χ1) is 15.8. The topological polar surface area (TPSA) is 49.1 Å². The van der Waals surface area contributed by atoms with Crippen LogP contribution in [0.25, 0.3) is 10.9 Å². The molecule has 1 unspecified atom stereocenters. The number of hydrogen-bond acceptors (Lipinski definition) is 3. The zero-order valence-corrected chi connectivity index (χ0v) is 20.2. The highest BCUT2D eigenvalue weighted by Crippen LogP contribution is 2.26. The molecule has 0 aliphatic carbocycles. The van der Waals surface area contributed by atoms with Crippen molar-refractivity contribution in [1.82, 2.24) is 14.3 Å². The molecule has 5 nitrogen and oxygen atoms in total. The number of rotatable bonds is 8. The fraction of sp³-hybridized carbons (Fsp3) is 0.357. The van der Waals surface area contributed by atoms with Crippen LogP contribution in [0.5, 0.6) is 0 Å². The molecule has 0 saturated carbocycles. The minimum absolute atomic E-state index is 0.206. The van der Waals surface area contributed by atoms with Gasteiger partial charge in [-0.15, -0.1) is 0 Å². The van der Waals surface area contributed by atoms with Crippen molar-refractivity contribution in [3.05, 3.63) is 88.9 Å². The fourth-order valence-electron chi connectivity index (χ4n) is 4.28. The predicted octanol–water partition coefficient (Wildman–Crippen LogP) is 6.21. The van der Waals surface area contributed by atoms with Crippen molar-refractivity contribution in [3.8, 4) is 0 Å². The highest BCUT2D eigenvalue weighted by molar-refractivity contribution is 5.95. The molecule has 0 aliphatic rings. The molecule has 0 spiro atoms. The van der Waals surface area contributed by atoms with Crippen molar-refractivity contribution in [2.24, 2.45) is 7.05 Å². The van der Waals surface area contributed by atoms with Crippen LogP contribution in [0.15, 0.2) is 60.7 Å². The van der Waals surface area contributed by atoms with Gasteiger partial charge in [-0.1, -0.05) is 57.2 Å². The van der Waals surface area contributed by atoms with Gasteiger partial charge in [0.05, 0.1) is 24.4 Å². The Morgan fingerprint density at radius 2 is 1.79 bits per heavy atom. The lowest BCUT2D eigenvalue weighted by atomic mass is 10.0. The molecule has 4 aromatic rings. The van der Waals surface area contributed by atoms with E-state index in [0.29, 0.717) is 18.1 Å². The Hall–Kier alpha value is -3.34. The Kier molecular flexibility index (Phi) is 6.68. The molecule has 2 heterocycles. The van der Waals surface area contributed by atoms with Gasteiger partial charge >= 0.3 is 5.97 Å². The molecular weight excluding hydrogens is 410 g/mol. The van der Waals surface area contributed by atoms with Gasteiger partial charge in [0.1, 0.15) is 0 Å². The van der Waals surface area contributed by atoms with E-state index in [0.717, 1.165) is 35.3 Å². The second-order valence-corrected chi connectivity index (χ2v) is 9.24. The van der Waals surface area contributed by atoms with Gasteiger partial charge in [0.2, 0.25) is 0 Å². The lowest BCUT2D eigenvalue weighted by Gasteiger charge is -2.10. The summed E-state index contributed by atoms with van der Waals surface area (Å²) in [6, 6.07) is 20.4. The van der Waals surface area contributed by atoms with Gasteiger partial charge in [0.25, 0.3) is 0 Å². The molecule has 33 heavy (non-hydrogen) atoms. The number of nitrogens with zero attached hydrogens (tertiary/aromatic N) is 3. The highest BCUT2D eigenvalue weighted by atomic mass is 16.5. The van der Waals surface area contributed by atoms with Crippen molar-refractivity contribution in [3.63, 3.8) is 0 Å². The first-order valence-corrected chi connectivity index (χ1v) is 11.7. The van der Waals surface area contributed by atoms with E-state index in [4.69, 9.17) is 9.84 Å². The number of ether oxygens (including phenoxy) is 1. The lowest BCUT2D eigenvalue weighted by molar-refractivity contribution is 0.0494. The maximum absolute atomic E-state index is 12.7. The minimum Gasteiger partial charge on any atom is -0.462 e. The Morgan fingerprint density at radius 3 is 2.52 bits per heavy atom. The smallest absolute Gasteiger partial charge is 0.338 e. The van der Waals surface area contributed by atoms with E-state index in [1.165, 1.54) is 11.3 Å². The number of carbonyl (C=O) groups excluding carboxylic acids is 1. The number of carbonyl (C=O) groups is 1. The van der Waals surface area contributed by atoms with E-state index in [-0.39, 0.29) is 11.9 Å². The van der Waals surface area contributed by atoms with Gasteiger partial charge in [-0.3, -0.25) is 4.68 Å². The number of benzene rings is 2. The van der Waals surface area contributed by atoms with E-state index in [1.54, 1.807) is 0 Å². The Balaban J connectivity index is 1.36. The van der Waals surface area contributed by atoms with Crippen LogP contribution >= 0.6 is 0 Å². The van der Waals surface area contributed by atoms with Crippen LogP contribution in [0.3, 0.4) is 0 Å². The number of hydrogen-bond donors (Lipinski definition) is 0. The van der Waals surface area contributed by atoms with E-state index in [2.05, 4.69) is 56.5 Å². The first kappa shape index (κ1) is 22.8. The highest BCUT2D eigenvalue weighted by Gasteiger charge is 2.16. The maximum atomic E-state index is 12.7. The normalized spacial score (nSPS) is 12.4. The largest absolute Gasteiger partial charge is 0.462 e. The Morgan fingerprint density at radius 1 is 1.03 bits per heavy atom. The number of esters is 1. The van der Waals surface area contributed by atoms with Crippen molar-refractivity contribution >= 4 is 16.9 Å². The molecule has 0 radical (unpaired) electrons. The molecular formula is C28H33N3O2. The summed E-state index contributed by atoms with van der Waals surface area (Å²) in [6.07, 6.45) is 0.734. The summed E-state index contributed by atoms with van der Waals surface area (Å²) in [7, 11) is 2.05. The zero-order valence-electron chi connectivity index (χ0n) is 20.2. The molecule has 0 aliphatic heterocycles. The summed E-state index contributed by atoms with van der Waals surface area (Å²) in [5.41, 5.74) is 6.30. The van der Waals surface area contributed by atoms with Gasteiger partial charge in [0.15, 0.2) is 0 Å². The first-order valence-electron chi connectivity index (χ1n) is 11.7. The van der Waals surface area contributed by atoms with E-state index in [1.807, 2.05) is 48.1 Å². The van der Waals surface area contributed by atoms with Gasteiger partial charge < -0.3 is 9.30 Å². The predicted molar refractivity (Wildman–Crippen MR) is 133 cm³/mol. The standard InChI is InChI=1S/C28H33N3O2/c1-19(2)26-16-23-11-12-24(17-27(23)30(26)5)28(32)33-14-13-20(3)25-15-21(4)31(29-25)18-22-9-7-6-8-10-22/h6-12,15-17,19-20H,13-14,18H2,1-5H3. The molecule has 1 atom stereocenters. The summed E-state index contributed by atoms with van der Waals surface area (Å²) in [4.78, 5) is 12.7.